The maximum Gasteiger partial charge on any atom is 0.494 e. The van der Waals surface area contributed by atoms with Crippen LogP contribution in [0.4, 0.5) is 0 Å². The maximum atomic E-state index is 6.18. The van der Waals surface area contributed by atoms with Crippen molar-refractivity contribution in [3.63, 3.8) is 0 Å². The summed E-state index contributed by atoms with van der Waals surface area (Å²) in [6, 6.07) is 19.6. The van der Waals surface area contributed by atoms with Gasteiger partial charge in [-0.25, -0.2) is 15.0 Å². The Labute approximate surface area is 227 Å². The van der Waals surface area contributed by atoms with Crippen LogP contribution in [0.1, 0.15) is 27.7 Å². The molecule has 8 nitrogen and oxygen atoms in total. The van der Waals surface area contributed by atoms with Gasteiger partial charge in [0.1, 0.15) is 0 Å². The van der Waals surface area contributed by atoms with Gasteiger partial charge in [-0.1, -0.05) is 24.3 Å². The molecule has 4 aromatic heterocycles. The minimum Gasteiger partial charge on any atom is -0.399 e. The fourth-order valence-electron chi connectivity index (χ4n) is 4.24. The van der Waals surface area contributed by atoms with Gasteiger partial charge in [0.15, 0.2) is 17.5 Å². The van der Waals surface area contributed by atoms with Crippen LogP contribution in [-0.2, 0) is 9.31 Å². The zero-order chi connectivity index (χ0) is 27.0. The molecule has 1 fully saturated rings. The van der Waals surface area contributed by atoms with Crippen LogP contribution in [-0.4, -0.2) is 48.2 Å². The van der Waals surface area contributed by atoms with Gasteiger partial charge in [-0.15, -0.1) is 0 Å². The molecule has 0 atom stereocenters. The molecule has 192 valence electrons. The summed E-state index contributed by atoms with van der Waals surface area (Å²) in [4.78, 5) is 27.3. The van der Waals surface area contributed by atoms with Gasteiger partial charge >= 0.3 is 7.12 Å². The van der Waals surface area contributed by atoms with Crippen LogP contribution >= 0.6 is 0 Å². The quantitative estimate of drug-likeness (QED) is 0.302. The zero-order valence-electron chi connectivity index (χ0n) is 22.2. The minimum atomic E-state index is -0.397. The summed E-state index contributed by atoms with van der Waals surface area (Å²) in [7, 11) is -0.397. The fourth-order valence-corrected chi connectivity index (χ4v) is 4.24. The smallest absolute Gasteiger partial charge is 0.399 e. The third-order valence-corrected chi connectivity index (χ3v) is 7.23. The van der Waals surface area contributed by atoms with Crippen molar-refractivity contribution in [2.45, 2.75) is 38.9 Å². The second kappa shape index (κ2) is 9.76. The summed E-state index contributed by atoms with van der Waals surface area (Å²) in [5, 5.41) is 0. The zero-order valence-corrected chi connectivity index (χ0v) is 22.2. The lowest BCUT2D eigenvalue weighted by molar-refractivity contribution is 0.00578. The number of pyridine rings is 3. The van der Waals surface area contributed by atoms with E-state index < -0.39 is 7.12 Å². The molecule has 0 spiro atoms. The monoisotopic (exact) mass is 514 g/mol. The molecule has 6 rings (SSSR count). The highest BCUT2D eigenvalue weighted by Gasteiger charge is 2.51. The number of nitrogens with zero attached hydrogens (tertiary/aromatic N) is 6. The number of rotatable bonds is 5. The molecule has 1 saturated heterocycles. The lowest BCUT2D eigenvalue weighted by Crippen LogP contribution is -2.41. The summed E-state index contributed by atoms with van der Waals surface area (Å²) >= 11 is 0. The lowest BCUT2D eigenvalue weighted by Gasteiger charge is -2.32. The third kappa shape index (κ3) is 4.94. The van der Waals surface area contributed by atoms with Crippen LogP contribution in [0.2, 0.25) is 0 Å². The van der Waals surface area contributed by atoms with E-state index in [0.717, 1.165) is 33.4 Å². The Hall–Kier alpha value is -4.34. The molecular weight excluding hydrogens is 487 g/mol. The van der Waals surface area contributed by atoms with Crippen LogP contribution in [0.5, 0.6) is 0 Å². The normalized spacial score (nSPS) is 15.8. The average Bonchev–Trinajstić information content (AvgIpc) is 3.20. The molecule has 0 saturated carbocycles. The molecule has 9 heteroatoms. The van der Waals surface area contributed by atoms with Gasteiger partial charge in [0.25, 0.3) is 0 Å². The van der Waals surface area contributed by atoms with E-state index in [1.807, 2.05) is 60.7 Å². The van der Waals surface area contributed by atoms with E-state index in [2.05, 4.69) is 42.6 Å². The van der Waals surface area contributed by atoms with E-state index in [9.17, 15) is 0 Å². The van der Waals surface area contributed by atoms with Crippen molar-refractivity contribution >= 4 is 12.6 Å². The summed E-state index contributed by atoms with van der Waals surface area (Å²) in [6.45, 7) is 8.22. The lowest BCUT2D eigenvalue weighted by atomic mass is 9.79. The molecule has 0 unspecified atom stereocenters. The molecule has 0 N–H and O–H groups in total. The van der Waals surface area contributed by atoms with Crippen LogP contribution in [0.25, 0.3) is 45.4 Å². The van der Waals surface area contributed by atoms with Gasteiger partial charge in [-0.3, -0.25) is 15.0 Å². The molecule has 5 aromatic rings. The Morgan fingerprint density at radius 2 is 1.05 bits per heavy atom. The molecule has 1 aromatic carbocycles. The Morgan fingerprint density at radius 1 is 0.564 bits per heavy atom. The van der Waals surface area contributed by atoms with E-state index >= 15 is 0 Å². The Balaban J connectivity index is 1.29. The highest BCUT2D eigenvalue weighted by atomic mass is 16.7. The predicted molar refractivity (Wildman–Crippen MR) is 151 cm³/mol. The average molecular weight is 514 g/mol. The van der Waals surface area contributed by atoms with Gasteiger partial charge in [0.05, 0.1) is 16.9 Å². The molecular formula is C30H27BN6O2. The molecule has 0 aliphatic carbocycles. The van der Waals surface area contributed by atoms with Crippen molar-refractivity contribution in [2.24, 2.45) is 0 Å². The number of hydrogen-bond acceptors (Lipinski definition) is 8. The highest BCUT2D eigenvalue weighted by Crippen LogP contribution is 2.36. The molecule has 1 aliphatic heterocycles. The molecule has 0 amide bonds. The molecule has 1 aliphatic rings. The van der Waals surface area contributed by atoms with Crippen molar-refractivity contribution in [2.75, 3.05) is 0 Å². The first kappa shape index (κ1) is 25.0. The van der Waals surface area contributed by atoms with Crippen LogP contribution in [0, 0.1) is 0 Å². The van der Waals surface area contributed by atoms with Crippen molar-refractivity contribution in [1.29, 1.82) is 0 Å². The molecule has 5 heterocycles. The number of aromatic nitrogens is 6. The standard InChI is InChI=1S/C30H27BN6O2/c1-29(2)30(3,4)39-31(38-29)24-12-9-20(10-13-24)25-14-11-23(19-34-25)28-36-26(21-7-5-15-32-17-21)35-27(37-28)22-8-6-16-33-18-22/h5-19H,1-4H3. The van der Waals surface area contributed by atoms with Gasteiger partial charge in [-0.05, 0) is 69.6 Å². The van der Waals surface area contributed by atoms with Crippen LogP contribution < -0.4 is 5.46 Å². The summed E-state index contributed by atoms with van der Waals surface area (Å²) in [6.07, 6.45) is 8.70. The van der Waals surface area contributed by atoms with Crippen LogP contribution in [0.15, 0.2) is 91.6 Å². The van der Waals surface area contributed by atoms with Crippen molar-refractivity contribution in [1.82, 2.24) is 29.9 Å². The van der Waals surface area contributed by atoms with E-state index in [-0.39, 0.29) is 11.2 Å². The SMILES string of the molecule is CC1(C)OB(c2ccc(-c3ccc(-c4nc(-c5cccnc5)nc(-c5cccnc5)n4)cn3)cc2)OC1(C)C. The van der Waals surface area contributed by atoms with Crippen molar-refractivity contribution < 1.29 is 9.31 Å². The Bertz CT molecular complexity index is 1520. The van der Waals surface area contributed by atoms with Crippen molar-refractivity contribution in [3.8, 4) is 45.4 Å². The van der Waals surface area contributed by atoms with Crippen LogP contribution in [0.3, 0.4) is 0 Å². The topological polar surface area (TPSA) is 95.8 Å². The Kier molecular flexibility index (Phi) is 6.25. The molecule has 0 radical (unpaired) electrons. The number of benzene rings is 1. The van der Waals surface area contributed by atoms with E-state index in [4.69, 9.17) is 24.3 Å². The van der Waals surface area contributed by atoms with E-state index in [1.54, 1.807) is 31.0 Å². The van der Waals surface area contributed by atoms with E-state index in [1.165, 1.54) is 0 Å². The summed E-state index contributed by atoms with van der Waals surface area (Å²) in [5.41, 5.74) is 4.44. The molecule has 0 bridgehead atoms. The van der Waals surface area contributed by atoms with Gasteiger partial charge in [0, 0.05) is 53.2 Å². The number of hydrogen-bond donors (Lipinski definition) is 0. The largest absolute Gasteiger partial charge is 0.494 e. The first-order valence-electron chi connectivity index (χ1n) is 12.8. The first-order valence-corrected chi connectivity index (χ1v) is 12.8. The minimum absolute atomic E-state index is 0.378. The second-order valence-electron chi connectivity index (χ2n) is 10.4. The van der Waals surface area contributed by atoms with Gasteiger partial charge < -0.3 is 9.31 Å². The maximum absolute atomic E-state index is 6.18. The van der Waals surface area contributed by atoms with Gasteiger partial charge in [-0.2, -0.15) is 0 Å². The summed E-state index contributed by atoms with van der Waals surface area (Å²) < 4.78 is 12.4. The molecule has 39 heavy (non-hydrogen) atoms. The highest BCUT2D eigenvalue weighted by molar-refractivity contribution is 6.62. The second-order valence-corrected chi connectivity index (χ2v) is 10.4. The van der Waals surface area contributed by atoms with Gasteiger partial charge in [0.2, 0.25) is 0 Å². The summed E-state index contributed by atoms with van der Waals surface area (Å²) in [5.74, 6) is 1.60. The predicted octanol–water partition coefficient (Wildman–Crippen LogP) is 5.02. The Morgan fingerprint density at radius 3 is 1.49 bits per heavy atom. The first-order chi connectivity index (χ1) is 18.8. The fraction of sp³-hybridized carbons (Fsp3) is 0.200. The van der Waals surface area contributed by atoms with Crippen molar-refractivity contribution in [3.05, 3.63) is 91.6 Å². The van der Waals surface area contributed by atoms with E-state index in [0.29, 0.717) is 17.5 Å². The third-order valence-electron chi connectivity index (χ3n) is 7.23.